The van der Waals surface area contributed by atoms with Gasteiger partial charge in [-0.15, -0.1) is 0 Å². The van der Waals surface area contributed by atoms with Gasteiger partial charge in [-0.1, -0.05) is 6.07 Å². The van der Waals surface area contributed by atoms with E-state index >= 15 is 0 Å². The van der Waals surface area contributed by atoms with E-state index in [-0.39, 0.29) is 0 Å². The molecule has 1 unspecified atom stereocenters. The summed E-state index contributed by atoms with van der Waals surface area (Å²) in [6.45, 7) is 2.93. The number of benzene rings is 2. The highest BCUT2D eigenvalue weighted by Gasteiger charge is 2.41. The highest BCUT2D eigenvalue weighted by Crippen LogP contribution is 2.42. The number of aryl methyl sites for hydroxylation is 1. The molecule has 3 saturated heterocycles. The lowest BCUT2D eigenvalue weighted by molar-refractivity contribution is 0.0303. The maximum absolute atomic E-state index is 9.10. The Bertz CT molecular complexity index is 1330. The van der Waals surface area contributed by atoms with Crippen LogP contribution >= 0.6 is 12.2 Å². The van der Waals surface area contributed by atoms with E-state index in [1.54, 1.807) is 26.4 Å². The first-order chi connectivity index (χ1) is 18.0. The fourth-order valence-electron chi connectivity index (χ4n) is 5.70. The van der Waals surface area contributed by atoms with Crippen LogP contribution in [0.2, 0.25) is 0 Å². The minimum Gasteiger partial charge on any atom is -0.493 e. The molecule has 2 aromatic carbocycles. The monoisotopic (exact) mass is 516 g/mol. The van der Waals surface area contributed by atoms with Crippen LogP contribution < -0.4 is 20.1 Å². The topological polar surface area (TPSA) is 87.4 Å². The molecule has 1 aromatic heterocycles. The molecule has 0 aliphatic carbocycles. The number of thiocarbonyl (C=S) groups is 1. The lowest BCUT2D eigenvalue weighted by Gasteiger charge is -2.50. The third-order valence-electron chi connectivity index (χ3n) is 7.60. The molecular weight excluding hydrogens is 484 g/mol. The first kappa shape index (κ1) is 25.1. The van der Waals surface area contributed by atoms with Gasteiger partial charge < -0.3 is 20.1 Å². The van der Waals surface area contributed by atoms with Gasteiger partial charge in [-0.25, -0.2) is 0 Å². The summed E-state index contributed by atoms with van der Waals surface area (Å²) in [7, 11) is 5.34. The normalized spacial score (nSPS) is 22.2. The van der Waals surface area contributed by atoms with E-state index in [0.717, 1.165) is 43.0 Å². The van der Waals surface area contributed by atoms with Crippen molar-refractivity contribution >= 4 is 23.0 Å². The number of ether oxygens (including phenoxy) is 2. The first-order valence-corrected chi connectivity index (χ1v) is 12.9. The number of nitrogens with zero attached hydrogens (tertiary/aromatic N) is 4. The molecule has 9 heteroatoms. The summed E-state index contributed by atoms with van der Waals surface area (Å²) in [5, 5.41) is 21.1. The van der Waals surface area contributed by atoms with Crippen molar-refractivity contribution in [2.75, 3.05) is 39.2 Å². The number of piperidine rings is 3. The molecule has 0 spiro atoms. The van der Waals surface area contributed by atoms with Gasteiger partial charge in [0.05, 0.1) is 31.5 Å². The van der Waals surface area contributed by atoms with Crippen molar-refractivity contribution in [2.24, 2.45) is 13.0 Å². The molecule has 192 valence electrons. The smallest absolute Gasteiger partial charge is 0.170 e. The highest BCUT2D eigenvalue weighted by atomic mass is 32.1. The second kappa shape index (κ2) is 10.8. The fourth-order valence-corrected chi connectivity index (χ4v) is 5.90. The average molecular weight is 517 g/mol. The largest absolute Gasteiger partial charge is 0.493 e. The van der Waals surface area contributed by atoms with Crippen LogP contribution in [0.3, 0.4) is 0 Å². The summed E-state index contributed by atoms with van der Waals surface area (Å²) in [6.07, 6.45) is 2.32. The average Bonchev–Trinajstić information content (AvgIpc) is 3.33. The van der Waals surface area contributed by atoms with Crippen LogP contribution in [-0.4, -0.2) is 59.7 Å². The summed E-state index contributed by atoms with van der Waals surface area (Å²) in [5.41, 5.74) is 4.68. The first-order valence-electron chi connectivity index (χ1n) is 12.5. The molecule has 3 aliphatic rings. The van der Waals surface area contributed by atoms with E-state index in [2.05, 4.69) is 27.7 Å². The number of fused-ring (bicyclic) bond motifs is 3. The van der Waals surface area contributed by atoms with Gasteiger partial charge in [0.2, 0.25) is 0 Å². The molecule has 2 N–H and O–H groups in total. The van der Waals surface area contributed by atoms with Gasteiger partial charge in [-0.05, 0) is 80.0 Å². The quantitative estimate of drug-likeness (QED) is 0.453. The number of hydrogen-bond acceptors (Lipinski definition) is 6. The van der Waals surface area contributed by atoms with Crippen molar-refractivity contribution in [3.63, 3.8) is 0 Å². The molecule has 6 rings (SSSR count). The highest BCUT2D eigenvalue weighted by molar-refractivity contribution is 7.80. The number of nitriles is 1. The Kier molecular flexibility index (Phi) is 7.31. The zero-order valence-corrected chi connectivity index (χ0v) is 22.2. The third-order valence-corrected chi connectivity index (χ3v) is 7.85. The van der Waals surface area contributed by atoms with Crippen LogP contribution in [0.5, 0.6) is 11.5 Å². The molecule has 3 fully saturated rings. The van der Waals surface area contributed by atoms with Crippen LogP contribution in [-0.2, 0) is 7.05 Å². The molecule has 0 radical (unpaired) electrons. The Morgan fingerprint density at radius 1 is 1.16 bits per heavy atom. The summed E-state index contributed by atoms with van der Waals surface area (Å²) in [6, 6.07) is 18.1. The molecule has 2 bridgehead atoms. The number of anilines is 1. The SMILES string of the molecule is COc1ccc(-c2cc([C@@H]3CN4CC[C@H]3C[C@@H]4CNC(=S)Nc3cccc(C#N)c3)n(C)n2)cc1OC. The molecule has 3 aliphatic heterocycles. The third kappa shape index (κ3) is 5.26. The Morgan fingerprint density at radius 2 is 2.00 bits per heavy atom. The molecule has 4 heterocycles. The standard InChI is InChI=1S/C28H32N6O2S/c1-33-25(14-24(32-33)20-7-8-26(35-2)27(13-20)36-3)23-17-34-10-9-19(23)12-22(34)16-30-28(37)31-21-6-4-5-18(11-21)15-29/h4-8,11,13-14,19,22-23H,9-10,12,16-17H2,1-3H3,(H2,30,31,37)/t19-,22+,23+/m0/s1. The van der Waals surface area contributed by atoms with Gasteiger partial charge in [0.15, 0.2) is 16.6 Å². The van der Waals surface area contributed by atoms with Crippen LogP contribution in [0.25, 0.3) is 11.3 Å². The zero-order chi connectivity index (χ0) is 25.9. The maximum atomic E-state index is 9.10. The molecule has 3 aromatic rings. The van der Waals surface area contributed by atoms with E-state index in [1.807, 2.05) is 42.1 Å². The zero-order valence-electron chi connectivity index (χ0n) is 21.4. The number of nitrogens with one attached hydrogen (secondary N) is 2. The summed E-state index contributed by atoms with van der Waals surface area (Å²) >= 11 is 5.52. The van der Waals surface area contributed by atoms with Crippen molar-refractivity contribution in [3.8, 4) is 28.8 Å². The van der Waals surface area contributed by atoms with Crippen LogP contribution in [0.15, 0.2) is 48.5 Å². The number of aromatic nitrogens is 2. The predicted molar refractivity (Wildman–Crippen MR) is 148 cm³/mol. The second-order valence-electron chi connectivity index (χ2n) is 9.72. The number of hydrogen-bond donors (Lipinski definition) is 2. The van der Waals surface area contributed by atoms with E-state index in [0.29, 0.717) is 40.1 Å². The molecule has 0 amide bonds. The minimum absolute atomic E-state index is 0.443. The number of methoxy groups -OCH3 is 2. The van der Waals surface area contributed by atoms with Gasteiger partial charge in [0.25, 0.3) is 0 Å². The Morgan fingerprint density at radius 3 is 2.73 bits per heavy atom. The van der Waals surface area contributed by atoms with Gasteiger partial charge in [-0.2, -0.15) is 10.4 Å². The Labute approximate surface area is 223 Å². The van der Waals surface area contributed by atoms with Crippen LogP contribution in [0.1, 0.15) is 30.0 Å². The molecule has 4 atom stereocenters. The van der Waals surface area contributed by atoms with E-state index in [4.69, 9.17) is 32.1 Å². The van der Waals surface area contributed by atoms with Crippen molar-refractivity contribution in [1.29, 1.82) is 5.26 Å². The minimum atomic E-state index is 0.443. The lowest BCUT2D eigenvalue weighted by Crippen LogP contribution is -2.56. The maximum Gasteiger partial charge on any atom is 0.170 e. The Hall–Kier alpha value is -3.61. The lowest BCUT2D eigenvalue weighted by atomic mass is 9.74. The van der Waals surface area contributed by atoms with Gasteiger partial charge in [0, 0.05) is 49.0 Å². The van der Waals surface area contributed by atoms with E-state index in [9.17, 15) is 0 Å². The number of rotatable bonds is 7. The second-order valence-corrected chi connectivity index (χ2v) is 10.1. The van der Waals surface area contributed by atoms with Crippen LogP contribution in [0, 0.1) is 17.2 Å². The van der Waals surface area contributed by atoms with Crippen molar-refractivity contribution in [3.05, 3.63) is 59.8 Å². The van der Waals surface area contributed by atoms with Gasteiger partial charge in [0.1, 0.15) is 0 Å². The van der Waals surface area contributed by atoms with Gasteiger partial charge >= 0.3 is 0 Å². The fraction of sp³-hybridized carbons (Fsp3) is 0.393. The molecule has 0 saturated carbocycles. The molecule has 8 nitrogen and oxygen atoms in total. The Balaban J connectivity index is 1.22. The van der Waals surface area contributed by atoms with Crippen molar-refractivity contribution < 1.29 is 9.47 Å². The molecular formula is C28H32N6O2S. The summed E-state index contributed by atoms with van der Waals surface area (Å²) in [4.78, 5) is 2.58. The van der Waals surface area contributed by atoms with Crippen molar-refractivity contribution in [1.82, 2.24) is 20.0 Å². The van der Waals surface area contributed by atoms with Crippen LogP contribution in [0.4, 0.5) is 5.69 Å². The van der Waals surface area contributed by atoms with E-state index < -0.39 is 0 Å². The summed E-state index contributed by atoms with van der Waals surface area (Å²) < 4.78 is 12.9. The van der Waals surface area contributed by atoms with E-state index in [1.165, 1.54) is 12.1 Å². The molecule has 37 heavy (non-hydrogen) atoms. The van der Waals surface area contributed by atoms with Crippen molar-refractivity contribution in [2.45, 2.75) is 24.8 Å². The van der Waals surface area contributed by atoms with Gasteiger partial charge in [-0.3, -0.25) is 9.58 Å². The predicted octanol–water partition coefficient (Wildman–Crippen LogP) is 4.14. The summed E-state index contributed by atoms with van der Waals surface area (Å²) in [5.74, 6) is 2.48.